The number of carboxylic acids is 1. The van der Waals surface area contributed by atoms with Crippen LogP contribution in [0, 0.1) is 0 Å². The Morgan fingerprint density at radius 1 is 1.24 bits per heavy atom. The molecule has 0 saturated heterocycles. The lowest BCUT2D eigenvalue weighted by Gasteiger charge is -2.15. The van der Waals surface area contributed by atoms with Gasteiger partial charge in [-0.1, -0.05) is 0 Å². The van der Waals surface area contributed by atoms with Crippen LogP contribution in [-0.4, -0.2) is 42.3 Å². The van der Waals surface area contributed by atoms with E-state index in [1.807, 2.05) is 0 Å². The summed E-state index contributed by atoms with van der Waals surface area (Å²) in [5.74, 6) is -2.30. The van der Waals surface area contributed by atoms with Gasteiger partial charge in [0.1, 0.15) is 13.2 Å². The summed E-state index contributed by atoms with van der Waals surface area (Å²) >= 11 is 3.49. The zero-order chi connectivity index (χ0) is 13.3. The lowest BCUT2D eigenvalue weighted by Crippen LogP contribution is -2.28. The molecule has 8 heteroatoms. The monoisotopic (exact) mass is 266 g/mol. The van der Waals surface area contributed by atoms with Crippen molar-refractivity contribution in [1.82, 2.24) is 0 Å². The number of hydrogen-bond acceptors (Lipinski definition) is 7. The van der Waals surface area contributed by atoms with E-state index >= 15 is 0 Å². The molecule has 0 fully saturated rings. The summed E-state index contributed by atoms with van der Waals surface area (Å²) in [7, 11) is 0. The molecule has 0 aromatic carbocycles. The van der Waals surface area contributed by atoms with Crippen LogP contribution in [-0.2, 0) is 28.0 Å². The van der Waals surface area contributed by atoms with Crippen LogP contribution >= 0.6 is 12.9 Å². The van der Waals surface area contributed by atoms with Gasteiger partial charge in [0.05, 0.1) is 12.8 Å². The lowest BCUT2D eigenvalue weighted by atomic mass is 10.3. The maximum absolute atomic E-state index is 11.1. The predicted molar refractivity (Wildman–Crippen MR) is 58.3 cm³/mol. The molecule has 0 heterocycles. The van der Waals surface area contributed by atoms with Crippen molar-refractivity contribution < 1.29 is 33.1 Å². The van der Waals surface area contributed by atoms with E-state index in [1.165, 1.54) is 6.92 Å². The molecule has 1 atom stereocenters. The van der Waals surface area contributed by atoms with Crippen LogP contribution in [0.1, 0.15) is 19.8 Å². The minimum Gasteiger partial charge on any atom is -0.481 e. The van der Waals surface area contributed by atoms with Crippen LogP contribution in [0.3, 0.4) is 0 Å². The smallest absolute Gasteiger partial charge is 0.306 e. The predicted octanol–water partition coefficient (Wildman–Crippen LogP) is 0.187. The molecule has 0 spiro atoms. The van der Waals surface area contributed by atoms with Crippen LogP contribution in [0.4, 0.5) is 0 Å². The first-order valence-electron chi connectivity index (χ1n) is 4.76. The van der Waals surface area contributed by atoms with Gasteiger partial charge in [-0.25, -0.2) is 0 Å². The molecule has 7 nitrogen and oxygen atoms in total. The molecule has 98 valence electrons. The van der Waals surface area contributed by atoms with Gasteiger partial charge in [-0.2, -0.15) is 0 Å². The highest BCUT2D eigenvalue weighted by atomic mass is 32.1. The molecule has 17 heavy (non-hydrogen) atoms. The molecule has 0 rings (SSSR count). The van der Waals surface area contributed by atoms with E-state index in [-0.39, 0.29) is 26.1 Å². The third-order valence-corrected chi connectivity index (χ3v) is 1.72. The molecule has 0 aromatic heterocycles. The van der Waals surface area contributed by atoms with E-state index in [0.717, 1.165) is 0 Å². The van der Waals surface area contributed by atoms with Gasteiger partial charge in [0.25, 0.3) is 0 Å². The molecule has 1 N–H and O–H groups in total. The van der Waals surface area contributed by atoms with Gasteiger partial charge in [-0.15, -0.1) is 0 Å². The number of esters is 2. The Morgan fingerprint density at radius 2 is 1.88 bits per heavy atom. The molecule has 0 aliphatic heterocycles. The highest BCUT2D eigenvalue weighted by molar-refractivity contribution is 7.75. The first-order valence-corrected chi connectivity index (χ1v) is 5.13. The normalized spacial score (nSPS) is 11.6. The number of carbonyl (C=O) groups is 3. The second kappa shape index (κ2) is 8.82. The highest BCUT2D eigenvalue weighted by Crippen LogP contribution is 2.00. The van der Waals surface area contributed by atoms with Crippen LogP contribution < -0.4 is 0 Å². The molecular weight excluding hydrogens is 252 g/mol. The largest absolute Gasteiger partial charge is 0.481 e. The third kappa shape index (κ3) is 9.64. The van der Waals surface area contributed by atoms with Crippen molar-refractivity contribution in [3.8, 4) is 0 Å². The molecular formula is C9H14O7S. The zero-order valence-electron chi connectivity index (χ0n) is 9.25. The van der Waals surface area contributed by atoms with E-state index in [2.05, 4.69) is 17.1 Å². The number of ether oxygens (including phenoxy) is 2. The first kappa shape index (κ1) is 15.7. The first-order chi connectivity index (χ1) is 7.95. The van der Waals surface area contributed by atoms with Crippen molar-refractivity contribution in [3.63, 3.8) is 0 Å². The van der Waals surface area contributed by atoms with E-state index in [1.54, 1.807) is 0 Å². The molecule has 0 aromatic rings. The standard InChI is InChI=1S/C9H14O7S/c1-6(10)16-7(5-15-17)4-14-9(13)3-2-8(11)12/h7,17H,2-5H2,1H3,(H,11,12). The summed E-state index contributed by atoms with van der Waals surface area (Å²) in [5.41, 5.74) is 0. The lowest BCUT2D eigenvalue weighted by molar-refractivity contribution is -0.159. The molecule has 0 aliphatic carbocycles. The highest BCUT2D eigenvalue weighted by Gasteiger charge is 2.15. The topological polar surface area (TPSA) is 99.1 Å². The number of hydrogen-bond donors (Lipinski definition) is 2. The van der Waals surface area contributed by atoms with E-state index in [4.69, 9.17) is 14.6 Å². The molecule has 0 saturated carbocycles. The Balaban J connectivity index is 3.90. The van der Waals surface area contributed by atoms with Gasteiger partial charge in [0, 0.05) is 6.92 Å². The van der Waals surface area contributed by atoms with Crippen LogP contribution in [0.5, 0.6) is 0 Å². The fourth-order valence-electron chi connectivity index (χ4n) is 0.901. The van der Waals surface area contributed by atoms with Gasteiger partial charge >= 0.3 is 17.9 Å². The summed E-state index contributed by atoms with van der Waals surface area (Å²) in [6.45, 7) is 0.977. The van der Waals surface area contributed by atoms with Gasteiger partial charge < -0.3 is 18.8 Å². The van der Waals surface area contributed by atoms with Crippen LogP contribution in [0.25, 0.3) is 0 Å². The second-order valence-electron chi connectivity index (χ2n) is 3.10. The van der Waals surface area contributed by atoms with Crippen molar-refractivity contribution in [2.75, 3.05) is 13.2 Å². The van der Waals surface area contributed by atoms with E-state index in [0.29, 0.717) is 0 Å². The van der Waals surface area contributed by atoms with Gasteiger partial charge in [-0.3, -0.25) is 14.4 Å². The average molecular weight is 266 g/mol. The third-order valence-electron chi connectivity index (χ3n) is 1.57. The van der Waals surface area contributed by atoms with Crippen molar-refractivity contribution in [2.24, 2.45) is 0 Å². The Labute approximate surface area is 104 Å². The van der Waals surface area contributed by atoms with Gasteiger partial charge in [0.15, 0.2) is 6.10 Å². The molecule has 1 unspecified atom stereocenters. The van der Waals surface area contributed by atoms with Crippen molar-refractivity contribution >= 4 is 30.8 Å². The van der Waals surface area contributed by atoms with Gasteiger partial charge in [-0.05, 0) is 12.9 Å². The maximum Gasteiger partial charge on any atom is 0.306 e. The van der Waals surface area contributed by atoms with Crippen molar-refractivity contribution in [2.45, 2.75) is 25.9 Å². The number of aliphatic carboxylic acids is 1. The van der Waals surface area contributed by atoms with Crippen molar-refractivity contribution in [1.29, 1.82) is 0 Å². The quantitative estimate of drug-likeness (QED) is 0.367. The van der Waals surface area contributed by atoms with E-state index in [9.17, 15) is 14.4 Å². The Bertz CT molecular complexity index is 279. The fraction of sp³-hybridized carbons (Fsp3) is 0.667. The second-order valence-corrected chi connectivity index (χ2v) is 3.36. The molecule has 0 aliphatic rings. The number of carboxylic acid groups (broad SMARTS) is 1. The number of carbonyl (C=O) groups excluding carboxylic acids is 2. The summed E-state index contributed by atoms with van der Waals surface area (Å²) < 4.78 is 13.9. The molecule has 0 amide bonds. The summed E-state index contributed by atoms with van der Waals surface area (Å²) in [5, 5.41) is 8.34. The van der Waals surface area contributed by atoms with E-state index < -0.39 is 24.0 Å². The van der Waals surface area contributed by atoms with Crippen LogP contribution in [0.15, 0.2) is 0 Å². The number of rotatable bonds is 8. The average Bonchev–Trinajstić information content (AvgIpc) is 2.22. The SMILES string of the molecule is CC(=O)OC(COS)COC(=O)CCC(=O)O. The summed E-state index contributed by atoms with van der Waals surface area (Å²) in [6, 6.07) is 0. The fourth-order valence-corrected chi connectivity index (χ4v) is 1.07. The molecule has 0 radical (unpaired) electrons. The number of thiol groups is 1. The van der Waals surface area contributed by atoms with Crippen LogP contribution in [0.2, 0.25) is 0 Å². The Morgan fingerprint density at radius 3 is 2.35 bits per heavy atom. The molecule has 0 bridgehead atoms. The zero-order valence-corrected chi connectivity index (χ0v) is 10.1. The van der Waals surface area contributed by atoms with Gasteiger partial charge in [0.2, 0.25) is 0 Å². The van der Waals surface area contributed by atoms with Crippen molar-refractivity contribution in [3.05, 3.63) is 0 Å². The maximum atomic E-state index is 11.1. The minimum atomic E-state index is -1.09. The Kier molecular flexibility index (Phi) is 8.16. The minimum absolute atomic E-state index is 0.0328. The summed E-state index contributed by atoms with van der Waals surface area (Å²) in [4.78, 5) is 31.9. The Hall–Kier alpha value is -1.28. The summed E-state index contributed by atoms with van der Waals surface area (Å²) in [6.07, 6.45) is -1.29.